The van der Waals surface area contributed by atoms with Crippen LogP contribution in [0.3, 0.4) is 0 Å². The Morgan fingerprint density at radius 3 is 2.59 bits per heavy atom. The predicted octanol–water partition coefficient (Wildman–Crippen LogP) is 3.15. The Balaban J connectivity index is 1.73. The molecule has 0 spiro atoms. The van der Waals surface area contributed by atoms with Gasteiger partial charge < -0.3 is 5.32 Å². The summed E-state index contributed by atoms with van der Waals surface area (Å²) in [7, 11) is 0. The lowest BCUT2D eigenvalue weighted by Crippen LogP contribution is -2.27. The minimum absolute atomic E-state index is 0.0545. The molecule has 6 heteroatoms. The van der Waals surface area contributed by atoms with Crippen LogP contribution in [0.1, 0.15) is 23.4 Å². The minimum Gasteiger partial charge on any atom is -0.356 e. The number of amides is 1. The second-order valence-electron chi connectivity index (χ2n) is 5.21. The summed E-state index contributed by atoms with van der Waals surface area (Å²) in [6.45, 7) is 5.32. The molecule has 0 atom stereocenters. The molecule has 4 nitrogen and oxygen atoms in total. The maximum Gasteiger partial charge on any atom is 0.224 e. The molecule has 1 aromatic heterocycles. The second-order valence-corrected chi connectivity index (χ2v) is 6.01. The molecule has 2 aromatic rings. The third kappa shape index (κ3) is 4.40. The summed E-state index contributed by atoms with van der Waals surface area (Å²) >= 11 is 3.49. The van der Waals surface area contributed by atoms with Gasteiger partial charge in [-0.05, 0) is 53.9 Å². The van der Waals surface area contributed by atoms with Crippen LogP contribution < -0.4 is 5.32 Å². The summed E-state index contributed by atoms with van der Waals surface area (Å²) < 4.78 is 15.8. The van der Waals surface area contributed by atoms with Crippen molar-refractivity contribution in [1.29, 1.82) is 0 Å². The van der Waals surface area contributed by atoms with Crippen LogP contribution in [-0.2, 0) is 17.8 Å². The maximum absolute atomic E-state index is 12.8. The molecule has 0 unspecified atom stereocenters. The highest BCUT2D eigenvalue weighted by Crippen LogP contribution is 2.19. The molecule has 22 heavy (non-hydrogen) atoms. The molecule has 0 aliphatic heterocycles. The summed E-state index contributed by atoms with van der Waals surface area (Å²) in [5, 5.41) is 7.30. The zero-order valence-electron chi connectivity index (χ0n) is 12.7. The smallest absolute Gasteiger partial charge is 0.224 e. The van der Waals surface area contributed by atoms with Crippen molar-refractivity contribution in [3.63, 3.8) is 0 Å². The molecule has 0 saturated carbocycles. The Labute approximate surface area is 137 Å². The molecular weight excluding hydrogens is 349 g/mol. The van der Waals surface area contributed by atoms with Crippen LogP contribution in [0, 0.1) is 19.7 Å². The topological polar surface area (TPSA) is 46.9 Å². The van der Waals surface area contributed by atoms with Gasteiger partial charge in [0.2, 0.25) is 5.91 Å². The van der Waals surface area contributed by atoms with Gasteiger partial charge in [-0.15, -0.1) is 0 Å². The van der Waals surface area contributed by atoms with Gasteiger partial charge in [-0.1, -0.05) is 12.1 Å². The molecule has 1 aromatic carbocycles. The van der Waals surface area contributed by atoms with E-state index < -0.39 is 0 Å². The van der Waals surface area contributed by atoms with E-state index in [9.17, 15) is 9.18 Å². The van der Waals surface area contributed by atoms with Crippen LogP contribution in [0.15, 0.2) is 28.7 Å². The van der Waals surface area contributed by atoms with Crippen molar-refractivity contribution in [3.8, 4) is 0 Å². The second kappa shape index (κ2) is 7.54. The number of carbonyl (C=O) groups is 1. The third-order valence-electron chi connectivity index (χ3n) is 3.44. The number of aryl methyl sites for hydroxylation is 2. The highest BCUT2D eigenvalue weighted by atomic mass is 79.9. The van der Waals surface area contributed by atoms with E-state index in [1.807, 2.05) is 18.5 Å². The lowest BCUT2D eigenvalue weighted by Gasteiger charge is -2.07. The number of aromatic nitrogens is 2. The average Bonchev–Trinajstić information content (AvgIpc) is 2.73. The Bertz CT molecular complexity index is 652. The molecule has 1 amide bonds. The van der Waals surface area contributed by atoms with Crippen molar-refractivity contribution in [2.24, 2.45) is 0 Å². The highest BCUT2D eigenvalue weighted by molar-refractivity contribution is 9.10. The average molecular weight is 368 g/mol. The minimum atomic E-state index is -0.291. The quantitative estimate of drug-likeness (QED) is 0.797. The van der Waals surface area contributed by atoms with E-state index >= 15 is 0 Å². The maximum atomic E-state index is 12.8. The molecule has 2 rings (SSSR count). The van der Waals surface area contributed by atoms with Crippen LogP contribution in [0.2, 0.25) is 0 Å². The van der Waals surface area contributed by atoms with Crippen molar-refractivity contribution in [2.75, 3.05) is 6.54 Å². The first-order chi connectivity index (χ1) is 10.5. The van der Waals surface area contributed by atoms with Crippen LogP contribution >= 0.6 is 15.9 Å². The van der Waals surface area contributed by atoms with Crippen molar-refractivity contribution in [2.45, 2.75) is 33.2 Å². The van der Waals surface area contributed by atoms with Crippen molar-refractivity contribution in [1.82, 2.24) is 15.1 Å². The number of hydrogen-bond acceptors (Lipinski definition) is 2. The normalized spacial score (nSPS) is 10.7. The summed E-state index contributed by atoms with van der Waals surface area (Å²) in [5.74, 6) is -0.346. The SMILES string of the molecule is Cc1nn(CCCNC(=O)Cc2ccc(F)cc2)c(C)c1Br. The molecule has 0 bridgehead atoms. The fourth-order valence-electron chi connectivity index (χ4n) is 2.20. The molecule has 0 fully saturated rings. The van der Waals surface area contributed by atoms with Gasteiger partial charge in [-0.3, -0.25) is 9.48 Å². The molecule has 0 radical (unpaired) electrons. The van der Waals surface area contributed by atoms with Gasteiger partial charge in [-0.25, -0.2) is 4.39 Å². The standard InChI is InChI=1S/C16H19BrFN3O/c1-11-16(17)12(2)21(20-11)9-3-8-19-15(22)10-13-4-6-14(18)7-5-13/h4-7H,3,8-10H2,1-2H3,(H,19,22). The van der Waals surface area contributed by atoms with E-state index in [0.717, 1.165) is 34.4 Å². The van der Waals surface area contributed by atoms with Gasteiger partial charge in [0.15, 0.2) is 0 Å². The number of nitrogens with one attached hydrogen (secondary N) is 1. The molecule has 0 saturated heterocycles. The molecular formula is C16H19BrFN3O. The van der Waals surface area contributed by atoms with Crippen LogP contribution in [0.25, 0.3) is 0 Å². The van der Waals surface area contributed by atoms with Crippen molar-refractivity contribution < 1.29 is 9.18 Å². The largest absolute Gasteiger partial charge is 0.356 e. The number of benzene rings is 1. The zero-order chi connectivity index (χ0) is 16.1. The highest BCUT2D eigenvalue weighted by Gasteiger charge is 2.08. The number of hydrogen-bond donors (Lipinski definition) is 1. The fourth-order valence-corrected chi connectivity index (χ4v) is 2.48. The summed E-state index contributed by atoms with van der Waals surface area (Å²) in [6, 6.07) is 5.98. The zero-order valence-corrected chi connectivity index (χ0v) is 14.3. The molecule has 0 aliphatic carbocycles. The first-order valence-electron chi connectivity index (χ1n) is 7.18. The van der Waals surface area contributed by atoms with Crippen LogP contribution in [-0.4, -0.2) is 22.2 Å². The van der Waals surface area contributed by atoms with E-state index in [4.69, 9.17) is 0 Å². The van der Waals surface area contributed by atoms with Crippen LogP contribution in [0.4, 0.5) is 4.39 Å². The van der Waals surface area contributed by atoms with Gasteiger partial charge in [0.25, 0.3) is 0 Å². The van der Waals surface area contributed by atoms with Crippen LogP contribution in [0.5, 0.6) is 0 Å². The lowest BCUT2D eigenvalue weighted by atomic mass is 10.1. The first kappa shape index (κ1) is 16.7. The van der Waals surface area contributed by atoms with Gasteiger partial charge in [0, 0.05) is 18.8 Å². The van der Waals surface area contributed by atoms with E-state index in [1.54, 1.807) is 12.1 Å². The molecule has 1 heterocycles. The Morgan fingerprint density at radius 2 is 2.00 bits per heavy atom. The Morgan fingerprint density at radius 1 is 1.32 bits per heavy atom. The molecule has 1 N–H and O–H groups in total. The third-order valence-corrected chi connectivity index (χ3v) is 4.59. The van der Waals surface area contributed by atoms with Crippen molar-refractivity contribution in [3.05, 3.63) is 51.5 Å². The number of rotatable bonds is 6. The van der Waals surface area contributed by atoms with E-state index in [2.05, 4.69) is 26.3 Å². The number of halogens is 2. The number of carbonyl (C=O) groups excluding carboxylic acids is 1. The number of nitrogens with zero attached hydrogens (tertiary/aromatic N) is 2. The predicted molar refractivity (Wildman–Crippen MR) is 87.1 cm³/mol. The summed E-state index contributed by atoms with van der Waals surface area (Å²) in [4.78, 5) is 11.8. The van der Waals surface area contributed by atoms with Gasteiger partial charge >= 0.3 is 0 Å². The van der Waals surface area contributed by atoms with Gasteiger partial charge in [-0.2, -0.15) is 5.10 Å². The Kier molecular flexibility index (Phi) is 5.71. The van der Waals surface area contributed by atoms with Gasteiger partial charge in [0.05, 0.1) is 16.6 Å². The lowest BCUT2D eigenvalue weighted by molar-refractivity contribution is -0.120. The van der Waals surface area contributed by atoms with Gasteiger partial charge in [0.1, 0.15) is 5.82 Å². The van der Waals surface area contributed by atoms with E-state index in [1.165, 1.54) is 12.1 Å². The van der Waals surface area contributed by atoms with E-state index in [-0.39, 0.29) is 18.1 Å². The van der Waals surface area contributed by atoms with E-state index in [0.29, 0.717) is 6.54 Å². The molecule has 118 valence electrons. The summed E-state index contributed by atoms with van der Waals surface area (Å²) in [5.41, 5.74) is 2.87. The molecule has 0 aliphatic rings. The fraction of sp³-hybridized carbons (Fsp3) is 0.375. The first-order valence-corrected chi connectivity index (χ1v) is 7.97. The Hall–Kier alpha value is -1.69. The van der Waals surface area contributed by atoms with Crippen molar-refractivity contribution >= 4 is 21.8 Å². The summed E-state index contributed by atoms with van der Waals surface area (Å²) in [6.07, 6.45) is 1.08. The monoisotopic (exact) mass is 367 g/mol.